The van der Waals surface area contributed by atoms with Crippen molar-refractivity contribution in [1.82, 2.24) is 10.3 Å². The van der Waals surface area contributed by atoms with E-state index < -0.39 is 5.97 Å². The number of aromatic amines is 1. The van der Waals surface area contributed by atoms with Crippen LogP contribution in [0.3, 0.4) is 0 Å². The van der Waals surface area contributed by atoms with Crippen molar-refractivity contribution in [3.05, 3.63) is 35.0 Å². The molecule has 25 heavy (non-hydrogen) atoms. The number of ether oxygens (including phenoxy) is 1. The molecule has 0 bridgehead atoms. The maximum Gasteiger partial charge on any atom is 0.356 e. The molecule has 1 aliphatic rings. The third kappa shape index (κ3) is 3.82. The van der Waals surface area contributed by atoms with Gasteiger partial charge in [0.05, 0.1) is 5.02 Å². The van der Waals surface area contributed by atoms with E-state index in [0.29, 0.717) is 16.9 Å². The number of hydrogen-bond acceptors (Lipinski definition) is 3. The Morgan fingerprint density at radius 2 is 2.04 bits per heavy atom. The lowest BCUT2D eigenvalue weighted by Crippen LogP contribution is -2.45. The van der Waals surface area contributed by atoms with E-state index in [4.69, 9.17) is 16.3 Å². The summed E-state index contributed by atoms with van der Waals surface area (Å²) in [5.41, 5.74) is 0.934. The van der Waals surface area contributed by atoms with Crippen molar-refractivity contribution < 1.29 is 14.3 Å². The molecule has 2 aromatic rings. The Labute approximate surface area is 152 Å². The van der Waals surface area contributed by atoms with Crippen LogP contribution in [0.15, 0.2) is 24.3 Å². The normalized spacial score (nSPS) is 23.4. The quantitative estimate of drug-likeness (QED) is 0.810. The van der Waals surface area contributed by atoms with Crippen molar-refractivity contribution in [2.75, 3.05) is 6.61 Å². The number of carbonyl (C=O) groups is 2. The number of rotatable bonds is 4. The third-order valence-corrected chi connectivity index (χ3v) is 5.63. The summed E-state index contributed by atoms with van der Waals surface area (Å²) < 4.78 is 5.14. The Morgan fingerprint density at radius 3 is 2.80 bits per heavy atom. The number of H-pyrrole nitrogens is 1. The molecule has 3 rings (SSSR count). The summed E-state index contributed by atoms with van der Waals surface area (Å²) >= 11 is 6.23. The summed E-state index contributed by atoms with van der Waals surface area (Å²) in [6.07, 6.45) is 3.28. The van der Waals surface area contributed by atoms with Gasteiger partial charge in [-0.3, -0.25) is 4.79 Å². The standard InChI is InChI=1S/C19H23ClN2O3/c1-11-6-5-9-14(12(11)2)21-16(23)10-25-19(24)18-17(20)13-7-3-4-8-15(13)22-18/h3-4,7-8,11-12,14,22H,5-6,9-10H2,1-2H3,(H,21,23). The van der Waals surface area contributed by atoms with Gasteiger partial charge in [0, 0.05) is 16.9 Å². The minimum atomic E-state index is -0.624. The highest BCUT2D eigenvalue weighted by Crippen LogP contribution is 2.29. The minimum Gasteiger partial charge on any atom is -0.451 e. The van der Waals surface area contributed by atoms with Crippen molar-refractivity contribution in [3.8, 4) is 0 Å². The van der Waals surface area contributed by atoms with Crippen LogP contribution >= 0.6 is 11.6 Å². The van der Waals surface area contributed by atoms with E-state index in [1.54, 1.807) is 0 Å². The fraction of sp³-hybridized carbons (Fsp3) is 0.474. The van der Waals surface area contributed by atoms with Gasteiger partial charge in [0.1, 0.15) is 5.69 Å². The fourth-order valence-corrected chi connectivity index (χ4v) is 3.77. The Hall–Kier alpha value is -2.01. The molecule has 6 heteroatoms. The first-order valence-corrected chi connectivity index (χ1v) is 9.08. The molecule has 0 spiro atoms. The van der Waals surface area contributed by atoms with Crippen LogP contribution in [0.2, 0.25) is 5.02 Å². The van der Waals surface area contributed by atoms with Gasteiger partial charge in [-0.15, -0.1) is 0 Å². The lowest BCUT2D eigenvalue weighted by Gasteiger charge is -2.34. The number of aromatic nitrogens is 1. The van der Waals surface area contributed by atoms with Crippen LogP contribution in [-0.2, 0) is 9.53 Å². The van der Waals surface area contributed by atoms with Crippen molar-refractivity contribution >= 4 is 34.4 Å². The van der Waals surface area contributed by atoms with Gasteiger partial charge >= 0.3 is 5.97 Å². The van der Waals surface area contributed by atoms with Crippen LogP contribution in [0.1, 0.15) is 43.6 Å². The number of carbonyl (C=O) groups excluding carboxylic acids is 2. The van der Waals surface area contributed by atoms with Crippen LogP contribution in [0, 0.1) is 11.8 Å². The Bertz CT molecular complexity index is 786. The first-order valence-electron chi connectivity index (χ1n) is 8.70. The number of para-hydroxylation sites is 1. The van der Waals surface area contributed by atoms with E-state index in [1.165, 1.54) is 6.42 Å². The first kappa shape index (κ1) is 17.8. The predicted octanol–water partition coefficient (Wildman–Crippen LogP) is 3.92. The number of halogens is 1. The molecule has 1 aliphatic carbocycles. The van der Waals surface area contributed by atoms with Gasteiger partial charge in [0.15, 0.2) is 6.61 Å². The summed E-state index contributed by atoms with van der Waals surface area (Å²) in [6.45, 7) is 4.06. The molecule has 1 aromatic carbocycles. The van der Waals surface area contributed by atoms with Crippen molar-refractivity contribution in [1.29, 1.82) is 0 Å². The number of fused-ring (bicyclic) bond motifs is 1. The van der Waals surface area contributed by atoms with Crippen LogP contribution in [0.5, 0.6) is 0 Å². The largest absolute Gasteiger partial charge is 0.451 e. The molecule has 1 saturated carbocycles. The second kappa shape index (κ2) is 7.48. The van der Waals surface area contributed by atoms with E-state index in [9.17, 15) is 9.59 Å². The number of esters is 1. The Morgan fingerprint density at radius 1 is 1.28 bits per heavy atom. The molecule has 0 aliphatic heterocycles. The van der Waals surface area contributed by atoms with E-state index in [-0.39, 0.29) is 24.2 Å². The van der Waals surface area contributed by atoms with Crippen molar-refractivity contribution in [3.63, 3.8) is 0 Å². The molecule has 3 atom stereocenters. The maximum atomic E-state index is 12.2. The van der Waals surface area contributed by atoms with Gasteiger partial charge in [-0.05, 0) is 24.3 Å². The number of hydrogen-bond donors (Lipinski definition) is 2. The van der Waals surface area contributed by atoms with Gasteiger partial charge in [-0.1, -0.05) is 56.5 Å². The molecular formula is C19H23ClN2O3. The van der Waals surface area contributed by atoms with Gasteiger partial charge in [0.2, 0.25) is 0 Å². The Kier molecular flexibility index (Phi) is 5.33. The third-order valence-electron chi connectivity index (χ3n) is 5.23. The lowest BCUT2D eigenvalue weighted by atomic mass is 9.78. The summed E-state index contributed by atoms with van der Waals surface area (Å²) in [5, 5.41) is 4.06. The van der Waals surface area contributed by atoms with Crippen molar-refractivity contribution in [2.24, 2.45) is 11.8 Å². The molecule has 5 nitrogen and oxygen atoms in total. The number of benzene rings is 1. The van der Waals surface area contributed by atoms with Crippen molar-refractivity contribution in [2.45, 2.75) is 39.2 Å². The summed E-state index contributed by atoms with van der Waals surface area (Å²) in [6, 6.07) is 7.49. The van der Waals surface area contributed by atoms with Gasteiger partial charge in [-0.25, -0.2) is 4.79 Å². The summed E-state index contributed by atoms with van der Waals surface area (Å²) in [4.78, 5) is 27.3. The molecule has 1 fully saturated rings. The smallest absolute Gasteiger partial charge is 0.356 e. The van der Waals surface area contributed by atoms with E-state index in [1.807, 2.05) is 24.3 Å². The van der Waals surface area contributed by atoms with Crippen LogP contribution in [-0.4, -0.2) is 29.5 Å². The van der Waals surface area contributed by atoms with E-state index >= 15 is 0 Å². The molecule has 134 valence electrons. The zero-order chi connectivity index (χ0) is 18.0. The maximum absolute atomic E-state index is 12.2. The highest BCUT2D eigenvalue weighted by molar-refractivity contribution is 6.38. The first-order chi connectivity index (χ1) is 12.0. The predicted molar refractivity (Wildman–Crippen MR) is 97.7 cm³/mol. The number of nitrogens with one attached hydrogen (secondary N) is 2. The molecule has 0 saturated heterocycles. The number of amides is 1. The average Bonchev–Trinajstić information content (AvgIpc) is 2.94. The fourth-order valence-electron chi connectivity index (χ4n) is 3.49. The van der Waals surface area contributed by atoms with Crippen LogP contribution in [0.25, 0.3) is 10.9 Å². The molecule has 0 radical (unpaired) electrons. The molecule has 1 amide bonds. The highest BCUT2D eigenvalue weighted by atomic mass is 35.5. The molecule has 1 heterocycles. The van der Waals surface area contributed by atoms with Crippen LogP contribution < -0.4 is 5.32 Å². The van der Waals surface area contributed by atoms with Gasteiger partial charge in [0.25, 0.3) is 5.91 Å². The van der Waals surface area contributed by atoms with Crippen LogP contribution in [0.4, 0.5) is 0 Å². The topological polar surface area (TPSA) is 71.2 Å². The highest BCUT2D eigenvalue weighted by Gasteiger charge is 2.28. The van der Waals surface area contributed by atoms with E-state index in [0.717, 1.165) is 23.7 Å². The summed E-state index contributed by atoms with van der Waals surface area (Å²) in [5.74, 6) is 0.122. The minimum absolute atomic E-state index is 0.145. The second-order valence-corrected chi connectivity index (χ2v) is 7.25. The molecular weight excluding hydrogens is 340 g/mol. The zero-order valence-electron chi connectivity index (χ0n) is 14.5. The lowest BCUT2D eigenvalue weighted by molar-refractivity contribution is -0.125. The second-order valence-electron chi connectivity index (χ2n) is 6.88. The van der Waals surface area contributed by atoms with Gasteiger partial charge < -0.3 is 15.0 Å². The molecule has 3 unspecified atom stereocenters. The SMILES string of the molecule is CC1CCCC(NC(=O)COC(=O)c2[nH]c3ccccc3c2Cl)C1C. The summed E-state index contributed by atoms with van der Waals surface area (Å²) in [7, 11) is 0. The van der Waals surface area contributed by atoms with E-state index in [2.05, 4.69) is 24.1 Å². The Balaban J connectivity index is 1.58. The van der Waals surface area contributed by atoms with Gasteiger partial charge in [-0.2, -0.15) is 0 Å². The molecule has 2 N–H and O–H groups in total. The average molecular weight is 363 g/mol. The molecule has 1 aromatic heterocycles. The monoisotopic (exact) mass is 362 g/mol. The zero-order valence-corrected chi connectivity index (χ0v) is 15.2.